The molecule has 0 bridgehead atoms. The third kappa shape index (κ3) is 4.58. The van der Waals surface area contributed by atoms with Crippen molar-refractivity contribution in [2.75, 3.05) is 0 Å². The molecule has 1 saturated carbocycles. The molecular formula is C27H38O10. The van der Waals surface area contributed by atoms with Gasteiger partial charge in [-0.05, 0) is 58.6 Å². The van der Waals surface area contributed by atoms with Gasteiger partial charge in [0.2, 0.25) is 0 Å². The lowest BCUT2D eigenvalue weighted by Gasteiger charge is -2.41. The molecule has 0 aromatic rings. The molecule has 37 heavy (non-hydrogen) atoms. The summed E-state index contributed by atoms with van der Waals surface area (Å²) in [6, 6.07) is 0. The lowest BCUT2D eigenvalue weighted by molar-refractivity contribution is -0.212. The quantitative estimate of drug-likeness (QED) is 0.231. The van der Waals surface area contributed by atoms with Gasteiger partial charge < -0.3 is 29.2 Å². The third-order valence-corrected chi connectivity index (χ3v) is 8.32. The second-order valence-corrected chi connectivity index (χ2v) is 10.8. The number of carbonyl (C=O) groups excluding carboxylic acids is 4. The molecule has 1 saturated heterocycles. The number of hydrogen-bond acceptors (Lipinski definition) is 10. The lowest BCUT2D eigenvalue weighted by atomic mass is 9.75. The van der Waals surface area contributed by atoms with E-state index in [-0.39, 0.29) is 12.8 Å². The summed E-state index contributed by atoms with van der Waals surface area (Å²) in [6.45, 7) is 12.4. The molecule has 8 atom stereocenters. The first-order valence-electron chi connectivity index (χ1n) is 12.6. The first-order valence-corrected chi connectivity index (χ1v) is 12.6. The van der Waals surface area contributed by atoms with Crippen LogP contribution >= 0.6 is 0 Å². The molecule has 2 aliphatic carbocycles. The van der Waals surface area contributed by atoms with Gasteiger partial charge in [-0.3, -0.25) is 9.59 Å². The van der Waals surface area contributed by atoms with E-state index in [0.29, 0.717) is 23.1 Å². The molecule has 1 unspecified atom stereocenters. The molecule has 2 N–H and O–H groups in total. The van der Waals surface area contributed by atoms with Crippen molar-refractivity contribution in [2.24, 2.45) is 11.8 Å². The highest BCUT2D eigenvalue weighted by molar-refractivity contribution is 5.88. The molecule has 0 amide bonds. The highest BCUT2D eigenvalue weighted by atomic mass is 16.6. The Kier molecular flexibility index (Phi) is 7.69. The van der Waals surface area contributed by atoms with Crippen molar-refractivity contribution in [3.05, 3.63) is 22.8 Å². The standard InChI is InChI=1S/C27H38O10/c1-9-13(3)22(29)34-18-11-17-20(15(18)5)21-27(33,26(8,32)24(31)36-21)19(35-23(30)14(4)10-2)12-25(17,7)37-16(6)28/h9,14,17-19,21,32-33H,10-12H2,1-8H3/b13-9-/t14-,17?,18+,19-,21-,25-,26+,27+/m0/s1. The largest absolute Gasteiger partial charge is 0.459 e. The number of ether oxygens (including phenoxy) is 4. The van der Waals surface area contributed by atoms with Gasteiger partial charge in [-0.25, -0.2) is 9.59 Å². The van der Waals surface area contributed by atoms with E-state index in [1.165, 1.54) is 6.92 Å². The van der Waals surface area contributed by atoms with Crippen LogP contribution in [0, 0.1) is 11.8 Å². The minimum Gasteiger partial charge on any atom is -0.459 e. The van der Waals surface area contributed by atoms with Gasteiger partial charge in [0.1, 0.15) is 17.8 Å². The van der Waals surface area contributed by atoms with Gasteiger partial charge in [0.25, 0.3) is 0 Å². The summed E-state index contributed by atoms with van der Waals surface area (Å²) in [5.41, 5.74) is -4.94. The molecule has 1 aliphatic heterocycles. The topological polar surface area (TPSA) is 146 Å². The molecule has 0 radical (unpaired) electrons. The van der Waals surface area contributed by atoms with Crippen molar-refractivity contribution < 1.29 is 48.3 Å². The zero-order valence-corrected chi connectivity index (χ0v) is 22.7. The lowest BCUT2D eigenvalue weighted by Crippen LogP contribution is -2.64. The molecule has 0 spiro atoms. The first kappa shape index (κ1) is 28.8. The van der Waals surface area contributed by atoms with Crippen LogP contribution in [0.4, 0.5) is 0 Å². The fourth-order valence-corrected chi connectivity index (χ4v) is 5.60. The predicted molar refractivity (Wildman–Crippen MR) is 130 cm³/mol. The average Bonchev–Trinajstić information content (AvgIpc) is 3.20. The summed E-state index contributed by atoms with van der Waals surface area (Å²) in [6.07, 6.45) is -1.63. The van der Waals surface area contributed by atoms with Crippen molar-refractivity contribution in [2.45, 2.75) is 110 Å². The summed E-state index contributed by atoms with van der Waals surface area (Å²) in [5, 5.41) is 23.4. The summed E-state index contributed by atoms with van der Waals surface area (Å²) in [7, 11) is 0. The zero-order chi connectivity index (χ0) is 28.1. The molecule has 0 aromatic carbocycles. The maximum Gasteiger partial charge on any atom is 0.341 e. The number of rotatable bonds is 6. The Morgan fingerprint density at radius 1 is 1.19 bits per heavy atom. The van der Waals surface area contributed by atoms with Crippen molar-refractivity contribution in [3.8, 4) is 0 Å². The Balaban J connectivity index is 2.21. The third-order valence-electron chi connectivity index (χ3n) is 8.32. The summed E-state index contributed by atoms with van der Waals surface area (Å²) in [4.78, 5) is 50.5. The molecule has 3 aliphatic rings. The Morgan fingerprint density at radius 3 is 2.35 bits per heavy atom. The van der Waals surface area contributed by atoms with E-state index < -0.39 is 70.8 Å². The van der Waals surface area contributed by atoms with Gasteiger partial charge in [-0.15, -0.1) is 0 Å². The monoisotopic (exact) mass is 522 g/mol. The number of esters is 4. The molecule has 3 rings (SSSR count). The van der Waals surface area contributed by atoms with Crippen LogP contribution < -0.4 is 0 Å². The predicted octanol–water partition coefficient (Wildman–Crippen LogP) is 2.29. The van der Waals surface area contributed by atoms with E-state index in [1.54, 1.807) is 47.6 Å². The van der Waals surface area contributed by atoms with Crippen molar-refractivity contribution in [1.82, 2.24) is 0 Å². The second kappa shape index (κ2) is 9.87. The maximum absolute atomic E-state index is 12.9. The number of fused-ring (bicyclic) bond motifs is 3. The van der Waals surface area contributed by atoms with E-state index >= 15 is 0 Å². The van der Waals surface area contributed by atoms with E-state index in [1.807, 2.05) is 0 Å². The van der Waals surface area contributed by atoms with Gasteiger partial charge in [-0.2, -0.15) is 0 Å². The smallest absolute Gasteiger partial charge is 0.341 e. The molecular weight excluding hydrogens is 484 g/mol. The van der Waals surface area contributed by atoms with Crippen LogP contribution in [0.3, 0.4) is 0 Å². The van der Waals surface area contributed by atoms with Gasteiger partial charge in [0, 0.05) is 24.8 Å². The Morgan fingerprint density at radius 2 is 1.81 bits per heavy atom. The number of allylic oxidation sites excluding steroid dienone is 1. The first-order chi connectivity index (χ1) is 17.0. The van der Waals surface area contributed by atoms with Crippen LogP contribution in [0.15, 0.2) is 22.8 Å². The summed E-state index contributed by atoms with van der Waals surface area (Å²) in [5.74, 6) is -4.06. The van der Waals surface area contributed by atoms with Crippen LogP contribution in [0.2, 0.25) is 0 Å². The van der Waals surface area contributed by atoms with Crippen molar-refractivity contribution >= 4 is 23.9 Å². The normalized spacial score (nSPS) is 38.2. The van der Waals surface area contributed by atoms with Crippen LogP contribution in [-0.4, -0.2) is 69.2 Å². The van der Waals surface area contributed by atoms with E-state index in [4.69, 9.17) is 18.9 Å². The Hall–Kier alpha value is -2.72. The van der Waals surface area contributed by atoms with E-state index in [2.05, 4.69) is 0 Å². The number of aliphatic hydroxyl groups is 2. The van der Waals surface area contributed by atoms with E-state index in [0.717, 1.165) is 6.92 Å². The minimum atomic E-state index is -2.45. The second-order valence-electron chi connectivity index (χ2n) is 10.8. The van der Waals surface area contributed by atoms with Crippen LogP contribution in [-0.2, 0) is 38.1 Å². The van der Waals surface area contributed by atoms with Crippen LogP contribution in [0.5, 0.6) is 0 Å². The van der Waals surface area contributed by atoms with Crippen molar-refractivity contribution in [3.63, 3.8) is 0 Å². The Labute approximate surface area is 217 Å². The van der Waals surface area contributed by atoms with Crippen molar-refractivity contribution in [1.29, 1.82) is 0 Å². The molecule has 0 aromatic heterocycles. The van der Waals surface area contributed by atoms with Gasteiger partial charge >= 0.3 is 23.9 Å². The van der Waals surface area contributed by atoms with Gasteiger partial charge in [0.05, 0.1) is 5.92 Å². The highest BCUT2D eigenvalue weighted by Crippen LogP contribution is 2.56. The fraction of sp³-hybridized carbons (Fsp3) is 0.704. The minimum absolute atomic E-state index is 0.173. The number of carbonyl (C=O) groups is 4. The SMILES string of the molecule is C/C=C(/C)C(=O)O[C@@H]1CC2C(=C1C)[C@@H]1OC(=O)[C@@](C)(O)[C@@]1(O)[C@@H](OC(=O)[C@@H](C)CC)C[C@]2(C)OC(C)=O. The molecule has 10 nitrogen and oxygen atoms in total. The Bertz CT molecular complexity index is 1060. The molecule has 1 heterocycles. The fourth-order valence-electron chi connectivity index (χ4n) is 5.60. The maximum atomic E-state index is 12.9. The average molecular weight is 523 g/mol. The molecule has 206 valence electrons. The molecule has 2 fully saturated rings. The van der Waals surface area contributed by atoms with Gasteiger partial charge in [-0.1, -0.05) is 19.9 Å². The molecule has 10 heteroatoms. The van der Waals surface area contributed by atoms with Crippen LogP contribution in [0.25, 0.3) is 0 Å². The highest BCUT2D eigenvalue weighted by Gasteiger charge is 2.74. The summed E-state index contributed by atoms with van der Waals surface area (Å²) >= 11 is 0. The van der Waals surface area contributed by atoms with Gasteiger partial charge in [0.15, 0.2) is 17.3 Å². The zero-order valence-electron chi connectivity index (χ0n) is 22.7. The van der Waals surface area contributed by atoms with Crippen LogP contribution in [0.1, 0.15) is 74.7 Å². The summed E-state index contributed by atoms with van der Waals surface area (Å²) < 4.78 is 22.9. The number of hydrogen-bond donors (Lipinski definition) is 2. The van der Waals surface area contributed by atoms with E-state index in [9.17, 15) is 29.4 Å².